The van der Waals surface area contributed by atoms with Gasteiger partial charge in [-0.1, -0.05) is 194 Å². The fourth-order valence-corrected chi connectivity index (χ4v) is 7.26. The van der Waals surface area contributed by atoms with Crippen LogP contribution in [0.1, 0.15) is 51.8 Å². The smallest absolute Gasteiger partial charge is 0.0950 e. The number of rotatable bonds is 12. The predicted octanol–water partition coefficient (Wildman–Crippen LogP) is 10.1. The van der Waals surface area contributed by atoms with E-state index in [0.29, 0.717) is 6.54 Å². The highest BCUT2D eigenvalue weighted by atomic mass is 15.0. The SMILES string of the molecule is C1=CCCC(C(NCc2ccc(CNC(c3ccccc3)(c3ccccc3)c3ccccc3)cc2)(c2ccccc2)c2ccccc2)=C1. The van der Waals surface area contributed by atoms with E-state index < -0.39 is 11.1 Å². The highest BCUT2D eigenvalue weighted by molar-refractivity contribution is 5.51. The Kier molecular flexibility index (Phi) is 9.56. The lowest BCUT2D eigenvalue weighted by molar-refractivity contribution is 0.447. The second kappa shape index (κ2) is 14.6. The Morgan fingerprint density at radius 1 is 0.396 bits per heavy atom. The lowest BCUT2D eigenvalue weighted by atomic mass is 9.74. The Labute approximate surface area is 285 Å². The monoisotopic (exact) mass is 622 g/mol. The van der Waals surface area contributed by atoms with Crippen LogP contribution in [0.25, 0.3) is 0 Å². The van der Waals surface area contributed by atoms with E-state index in [9.17, 15) is 0 Å². The standard InChI is InChI=1S/C46H42N2/c1-7-19-39(20-8-1)45(40-21-9-2-10-22-40,41-23-11-3-12-24-41)47-35-37-31-33-38(34-32-37)36-48-46(42-25-13-4-14-26-42,43-27-15-5-16-28-43)44-29-17-6-18-30-44/h1-17,19-29,31-34,47-48H,18,30,35-36H2. The van der Waals surface area contributed by atoms with Crippen LogP contribution in [0.2, 0.25) is 0 Å². The molecule has 0 radical (unpaired) electrons. The summed E-state index contributed by atoms with van der Waals surface area (Å²) in [5, 5.41) is 8.10. The van der Waals surface area contributed by atoms with E-state index in [1.807, 2.05) is 0 Å². The van der Waals surface area contributed by atoms with Crippen LogP contribution in [0.5, 0.6) is 0 Å². The summed E-state index contributed by atoms with van der Waals surface area (Å²) in [5.74, 6) is 0. The first-order valence-electron chi connectivity index (χ1n) is 17.0. The summed E-state index contributed by atoms with van der Waals surface area (Å²) in [6.45, 7) is 1.45. The number of hydrogen-bond acceptors (Lipinski definition) is 2. The van der Waals surface area contributed by atoms with Crippen LogP contribution in [0.3, 0.4) is 0 Å². The zero-order valence-corrected chi connectivity index (χ0v) is 27.3. The summed E-state index contributed by atoms with van der Waals surface area (Å²) in [6.07, 6.45) is 8.85. The van der Waals surface area contributed by atoms with Crippen LogP contribution in [0, 0.1) is 0 Å². The lowest BCUT2D eigenvalue weighted by Gasteiger charge is -2.39. The van der Waals surface area contributed by atoms with Crippen LogP contribution in [0.4, 0.5) is 0 Å². The number of nitrogens with one attached hydrogen (secondary N) is 2. The number of hydrogen-bond donors (Lipinski definition) is 2. The van der Waals surface area contributed by atoms with Crippen molar-refractivity contribution in [1.29, 1.82) is 0 Å². The first-order chi connectivity index (χ1) is 23.8. The third-order valence-electron chi connectivity index (χ3n) is 9.67. The van der Waals surface area contributed by atoms with Crippen molar-refractivity contribution in [2.24, 2.45) is 0 Å². The van der Waals surface area contributed by atoms with Crippen LogP contribution in [-0.2, 0) is 24.2 Å². The topological polar surface area (TPSA) is 24.1 Å². The van der Waals surface area contributed by atoms with Gasteiger partial charge in [0.2, 0.25) is 0 Å². The zero-order valence-electron chi connectivity index (χ0n) is 27.3. The van der Waals surface area contributed by atoms with Crippen LogP contribution in [0.15, 0.2) is 200 Å². The Hall–Kier alpha value is -5.28. The molecule has 0 aliphatic heterocycles. The molecule has 0 amide bonds. The van der Waals surface area contributed by atoms with Crippen molar-refractivity contribution in [3.63, 3.8) is 0 Å². The van der Waals surface area contributed by atoms with Gasteiger partial charge in [0.15, 0.2) is 0 Å². The largest absolute Gasteiger partial charge is 0.296 e. The minimum Gasteiger partial charge on any atom is -0.296 e. The van der Waals surface area contributed by atoms with E-state index in [1.54, 1.807) is 0 Å². The Morgan fingerprint density at radius 2 is 0.729 bits per heavy atom. The fraction of sp³-hybridized carbons (Fsp3) is 0.130. The molecular formula is C46H42N2. The molecule has 1 aliphatic carbocycles. The number of benzene rings is 6. The number of allylic oxidation sites excluding steroid dienone is 3. The van der Waals surface area contributed by atoms with E-state index in [0.717, 1.165) is 19.4 Å². The van der Waals surface area contributed by atoms with E-state index in [-0.39, 0.29) is 0 Å². The van der Waals surface area contributed by atoms with Crippen molar-refractivity contribution in [3.05, 3.63) is 239 Å². The first kappa shape index (κ1) is 31.3. The molecule has 0 aromatic heterocycles. The van der Waals surface area contributed by atoms with Gasteiger partial charge in [-0.05, 0) is 57.4 Å². The van der Waals surface area contributed by atoms with Crippen LogP contribution < -0.4 is 10.6 Å². The van der Waals surface area contributed by atoms with Gasteiger partial charge in [-0.2, -0.15) is 0 Å². The van der Waals surface area contributed by atoms with E-state index >= 15 is 0 Å². The average molecular weight is 623 g/mol. The van der Waals surface area contributed by atoms with Gasteiger partial charge in [0.25, 0.3) is 0 Å². The molecule has 2 heteroatoms. The van der Waals surface area contributed by atoms with Crippen LogP contribution >= 0.6 is 0 Å². The van der Waals surface area contributed by atoms with E-state index in [4.69, 9.17) is 0 Å². The molecule has 0 saturated carbocycles. The molecule has 6 aromatic carbocycles. The Balaban J connectivity index is 1.18. The Morgan fingerprint density at radius 3 is 1.06 bits per heavy atom. The molecule has 2 N–H and O–H groups in total. The van der Waals surface area contributed by atoms with Crippen molar-refractivity contribution >= 4 is 0 Å². The van der Waals surface area contributed by atoms with Crippen LogP contribution in [-0.4, -0.2) is 0 Å². The van der Waals surface area contributed by atoms with Crippen molar-refractivity contribution in [2.75, 3.05) is 0 Å². The van der Waals surface area contributed by atoms with Crippen molar-refractivity contribution in [1.82, 2.24) is 10.6 Å². The molecule has 7 rings (SSSR count). The third kappa shape index (κ3) is 6.33. The van der Waals surface area contributed by atoms with Gasteiger partial charge in [0.1, 0.15) is 0 Å². The summed E-state index contributed by atoms with van der Waals surface area (Å²) < 4.78 is 0. The summed E-state index contributed by atoms with van der Waals surface area (Å²) in [7, 11) is 0. The summed E-state index contributed by atoms with van der Waals surface area (Å²) in [4.78, 5) is 0. The minimum absolute atomic E-state index is 0.422. The molecule has 2 nitrogen and oxygen atoms in total. The average Bonchev–Trinajstić information content (AvgIpc) is 3.18. The highest BCUT2D eigenvalue weighted by Crippen LogP contribution is 2.41. The fourth-order valence-electron chi connectivity index (χ4n) is 7.26. The summed E-state index contributed by atoms with van der Waals surface area (Å²) in [5.41, 5.74) is 9.13. The Bertz CT molecular complexity index is 1790. The molecule has 0 fully saturated rings. The van der Waals surface area contributed by atoms with Crippen molar-refractivity contribution in [2.45, 2.75) is 37.0 Å². The van der Waals surface area contributed by atoms with Crippen molar-refractivity contribution < 1.29 is 0 Å². The molecule has 236 valence electrons. The normalized spacial score (nSPS) is 13.2. The van der Waals surface area contributed by atoms with Crippen molar-refractivity contribution in [3.8, 4) is 0 Å². The maximum Gasteiger partial charge on any atom is 0.0950 e. The summed E-state index contributed by atoms with van der Waals surface area (Å²) >= 11 is 0. The van der Waals surface area contributed by atoms with Gasteiger partial charge in [-0.25, -0.2) is 0 Å². The molecule has 1 aliphatic rings. The van der Waals surface area contributed by atoms with E-state index in [2.05, 4.69) is 205 Å². The van der Waals surface area contributed by atoms with Gasteiger partial charge in [0.05, 0.1) is 11.1 Å². The highest BCUT2D eigenvalue weighted by Gasteiger charge is 2.38. The molecule has 0 bridgehead atoms. The minimum atomic E-state index is -0.503. The van der Waals surface area contributed by atoms with Gasteiger partial charge in [-0.3, -0.25) is 10.6 Å². The van der Waals surface area contributed by atoms with Gasteiger partial charge >= 0.3 is 0 Å². The molecule has 0 heterocycles. The maximum atomic E-state index is 4.07. The molecular weight excluding hydrogens is 581 g/mol. The predicted molar refractivity (Wildman–Crippen MR) is 199 cm³/mol. The molecule has 6 aromatic rings. The third-order valence-corrected chi connectivity index (χ3v) is 9.67. The molecule has 0 atom stereocenters. The van der Waals surface area contributed by atoms with E-state index in [1.165, 1.54) is 44.5 Å². The molecule has 0 saturated heterocycles. The molecule has 0 spiro atoms. The molecule has 48 heavy (non-hydrogen) atoms. The molecule has 0 unspecified atom stereocenters. The zero-order chi connectivity index (χ0) is 32.5. The second-order valence-corrected chi connectivity index (χ2v) is 12.5. The quantitative estimate of drug-likeness (QED) is 0.133. The summed E-state index contributed by atoms with van der Waals surface area (Å²) in [6, 6.07) is 63.3. The first-order valence-corrected chi connectivity index (χ1v) is 17.0. The second-order valence-electron chi connectivity index (χ2n) is 12.5. The lowest BCUT2D eigenvalue weighted by Crippen LogP contribution is -2.45. The van der Waals surface area contributed by atoms with Gasteiger partial charge in [-0.15, -0.1) is 0 Å². The van der Waals surface area contributed by atoms with Gasteiger partial charge in [0, 0.05) is 13.1 Å². The maximum absolute atomic E-state index is 4.07. The van der Waals surface area contributed by atoms with Gasteiger partial charge < -0.3 is 0 Å².